The smallest absolute Gasteiger partial charge is 0.325 e. The standard InChI is InChI=1S/C15H17N5O4/c1-3-24-12(21)8-16-15(23)13-11(7-17-20-13)19-14(22)10-6-4-5-9(2)18-10/h4-7H,3,8H2,1-2H3,(H,16,23)(H,17,20)(H,19,22). The predicted molar refractivity (Wildman–Crippen MR) is 84.5 cm³/mol. The number of hydrogen-bond donors (Lipinski definition) is 3. The summed E-state index contributed by atoms with van der Waals surface area (Å²) < 4.78 is 4.71. The van der Waals surface area contributed by atoms with Gasteiger partial charge in [-0.2, -0.15) is 5.10 Å². The van der Waals surface area contributed by atoms with E-state index in [0.29, 0.717) is 5.69 Å². The quantitative estimate of drug-likeness (QED) is 0.668. The molecule has 3 N–H and O–H groups in total. The van der Waals surface area contributed by atoms with Crippen LogP contribution in [0.3, 0.4) is 0 Å². The van der Waals surface area contributed by atoms with E-state index in [9.17, 15) is 14.4 Å². The number of aromatic nitrogens is 3. The van der Waals surface area contributed by atoms with E-state index in [1.165, 1.54) is 6.20 Å². The lowest BCUT2D eigenvalue weighted by molar-refractivity contribution is -0.141. The number of nitrogens with one attached hydrogen (secondary N) is 3. The molecule has 2 rings (SSSR count). The number of pyridine rings is 1. The van der Waals surface area contributed by atoms with Gasteiger partial charge in [-0.25, -0.2) is 4.98 Å². The molecule has 0 aromatic carbocycles. The maximum atomic E-state index is 12.2. The first-order valence-corrected chi connectivity index (χ1v) is 7.24. The van der Waals surface area contributed by atoms with Crippen LogP contribution in [0.4, 0.5) is 5.69 Å². The molecule has 9 nitrogen and oxygen atoms in total. The van der Waals surface area contributed by atoms with Crippen molar-refractivity contribution in [2.75, 3.05) is 18.5 Å². The van der Waals surface area contributed by atoms with Gasteiger partial charge >= 0.3 is 5.97 Å². The molecule has 0 aliphatic carbocycles. The molecule has 0 aliphatic rings. The van der Waals surface area contributed by atoms with Crippen molar-refractivity contribution in [2.45, 2.75) is 13.8 Å². The largest absolute Gasteiger partial charge is 0.465 e. The fourth-order valence-corrected chi connectivity index (χ4v) is 1.86. The van der Waals surface area contributed by atoms with Crippen LogP contribution in [0.15, 0.2) is 24.4 Å². The number of anilines is 1. The molecule has 2 amide bonds. The van der Waals surface area contributed by atoms with Gasteiger partial charge in [-0.05, 0) is 26.0 Å². The van der Waals surface area contributed by atoms with Gasteiger partial charge in [0.2, 0.25) is 0 Å². The molecule has 2 heterocycles. The van der Waals surface area contributed by atoms with Crippen molar-refractivity contribution in [3.05, 3.63) is 41.5 Å². The third-order valence-corrected chi connectivity index (χ3v) is 2.92. The summed E-state index contributed by atoms with van der Waals surface area (Å²) in [4.78, 5) is 39.6. The van der Waals surface area contributed by atoms with Gasteiger partial charge in [-0.1, -0.05) is 6.07 Å². The first kappa shape index (κ1) is 17.1. The summed E-state index contributed by atoms with van der Waals surface area (Å²) in [5.41, 5.74) is 1.06. The molecule has 0 saturated carbocycles. The summed E-state index contributed by atoms with van der Waals surface area (Å²) in [5, 5.41) is 11.2. The highest BCUT2D eigenvalue weighted by Gasteiger charge is 2.18. The van der Waals surface area contributed by atoms with Gasteiger partial charge in [-0.15, -0.1) is 0 Å². The van der Waals surface area contributed by atoms with Crippen LogP contribution in [0.5, 0.6) is 0 Å². The molecule has 2 aromatic heterocycles. The minimum absolute atomic E-state index is 0.0414. The first-order valence-electron chi connectivity index (χ1n) is 7.24. The van der Waals surface area contributed by atoms with Gasteiger partial charge in [0.1, 0.15) is 12.2 Å². The Bertz CT molecular complexity index is 756. The number of carbonyl (C=O) groups excluding carboxylic acids is 3. The second kappa shape index (κ2) is 7.86. The van der Waals surface area contributed by atoms with E-state index in [-0.39, 0.29) is 30.2 Å². The molecular weight excluding hydrogens is 314 g/mol. The number of nitrogens with zero attached hydrogens (tertiary/aromatic N) is 2. The van der Waals surface area contributed by atoms with Gasteiger partial charge in [0, 0.05) is 11.9 Å². The Morgan fingerprint density at radius 3 is 2.75 bits per heavy atom. The van der Waals surface area contributed by atoms with Crippen LogP contribution < -0.4 is 10.6 Å². The summed E-state index contributed by atoms with van der Waals surface area (Å²) in [7, 11) is 0. The van der Waals surface area contributed by atoms with Crippen molar-refractivity contribution >= 4 is 23.5 Å². The number of ether oxygens (including phenoxy) is 1. The molecule has 0 aliphatic heterocycles. The number of rotatable bonds is 6. The summed E-state index contributed by atoms with van der Waals surface area (Å²) in [6, 6.07) is 5.03. The molecule has 0 bridgehead atoms. The number of aryl methyl sites for hydroxylation is 1. The fraction of sp³-hybridized carbons (Fsp3) is 0.267. The summed E-state index contributed by atoms with van der Waals surface area (Å²) >= 11 is 0. The van der Waals surface area contributed by atoms with Gasteiger partial charge in [0.25, 0.3) is 11.8 Å². The Labute approximate surface area is 137 Å². The monoisotopic (exact) mass is 331 g/mol. The van der Waals surface area contributed by atoms with Crippen LogP contribution >= 0.6 is 0 Å². The molecular formula is C15H17N5O4. The number of H-pyrrole nitrogens is 1. The lowest BCUT2D eigenvalue weighted by Gasteiger charge is -2.06. The Morgan fingerprint density at radius 2 is 2.04 bits per heavy atom. The summed E-state index contributed by atoms with van der Waals surface area (Å²) in [6.07, 6.45) is 1.37. The zero-order chi connectivity index (χ0) is 17.5. The van der Waals surface area contributed by atoms with Gasteiger partial charge in [0.15, 0.2) is 5.69 Å². The summed E-state index contributed by atoms with van der Waals surface area (Å²) in [6.45, 7) is 3.37. The van der Waals surface area contributed by atoms with Crippen LogP contribution in [0.25, 0.3) is 0 Å². The number of esters is 1. The second-order valence-corrected chi connectivity index (χ2v) is 4.75. The zero-order valence-corrected chi connectivity index (χ0v) is 13.3. The lowest BCUT2D eigenvalue weighted by atomic mass is 10.3. The van der Waals surface area contributed by atoms with Crippen LogP contribution in [0, 0.1) is 6.92 Å². The minimum atomic E-state index is -0.614. The van der Waals surface area contributed by atoms with Crippen LogP contribution in [0.2, 0.25) is 0 Å². The molecule has 0 saturated heterocycles. The molecule has 0 unspecified atom stereocenters. The summed E-state index contributed by atoms with van der Waals surface area (Å²) in [5.74, 6) is -1.65. The zero-order valence-electron chi connectivity index (χ0n) is 13.3. The van der Waals surface area contributed by atoms with Crippen LogP contribution in [-0.2, 0) is 9.53 Å². The Balaban J connectivity index is 2.03. The number of carbonyl (C=O) groups is 3. The third kappa shape index (κ3) is 4.38. The van der Waals surface area contributed by atoms with Crippen molar-refractivity contribution < 1.29 is 19.1 Å². The third-order valence-electron chi connectivity index (χ3n) is 2.92. The Hall–Kier alpha value is -3.23. The first-order chi connectivity index (χ1) is 11.5. The van der Waals surface area contributed by atoms with E-state index in [0.717, 1.165) is 0 Å². The van der Waals surface area contributed by atoms with E-state index in [4.69, 9.17) is 4.74 Å². The lowest BCUT2D eigenvalue weighted by Crippen LogP contribution is -2.31. The topological polar surface area (TPSA) is 126 Å². The number of hydrogen-bond acceptors (Lipinski definition) is 6. The predicted octanol–water partition coefficient (Wildman–Crippen LogP) is 0.658. The highest BCUT2D eigenvalue weighted by Crippen LogP contribution is 2.13. The minimum Gasteiger partial charge on any atom is -0.465 e. The molecule has 0 atom stereocenters. The van der Waals surface area contributed by atoms with E-state index < -0.39 is 17.8 Å². The number of aromatic amines is 1. The molecule has 0 spiro atoms. The van der Waals surface area contributed by atoms with Crippen molar-refractivity contribution in [3.63, 3.8) is 0 Å². The van der Waals surface area contributed by atoms with Crippen molar-refractivity contribution in [3.8, 4) is 0 Å². The average molecular weight is 331 g/mol. The van der Waals surface area contributed by atoms with Crippen molar-refractivity contribution in [1.82, 2.24) is 20.5 Å². The second-order valence-electron chi connectivity index (χ2n) is 4.75. The van der Waals surface area contributed by atoms with E-state index in [2.05, 4.69) is 25.8 Å². The van der Waals surface area contributed by atoms with E-state index in [1.54, 1.807) is 32.0 Å². The normalized spacial score (nSPS) is 10.1. The van der Waals surface area contributed by atoms with Gasteiger partial charge < -0.3 is 15.4 Å². The number of amides is 2. The van der Waals surface area contributed by atoms with E-state index >= 15 is 0 Å². The fourth-order valence-electron chi connectivity index (χ4n) is 1.86. The van der Waals surface area contributed by atoms with Gasteiger partial charge in [-0.3, -0.25) is 19.5 Å². The highest BCUT2D eigenvalue weighted by atomic mass is 16.5. The maximum absolute atomic E-state index is 12.2. The highest BCUT2D eigenvalue weighted by molar-refractivity contribution is 6.07. The molecule has 0 radical (unpaired) electrons. The average Bonchev–Trinajstić information content (AvgIpc) is 3.01. The van der Waals surface area contributed by atoms with Crippen molar-refractivity contribution in [2.24, 2.45) is 0 Å². The van der Waals surface area contributed by atoms with Crippen LogP contribution in [0.1, 0.15) is 33.6 Å². The Kier molecular flexibility index (Phi) is 5.61. The molecule has 126 valence electrons. The van der Waals surface area contributed by atoms with Gasteiger partial charge in [0.05, 0.1) is 12.3 Å². The molecule has 0 fully saturated rings. The van der Waals surface area contributed by atoms with Crippen molar-refractivity contribution in [1.29, 1.82) is 0 Å². The molecule has 9 heteroatoms. The molecule has 2 aromatic rings. The Morgan fingerprint density at radius 1 is 1.25 bits per heavy atom. The maximum Gasteiger partial charge on any atom is 0.325 e. The molecule has 24 heavy (non-hydrogen) atoms. The van der Waals surface area contributed by atoms with E-state index in [1.807, 2.05) is 0 Å². The SMILES string of the molecule is CCOC(=O)CNC(=O)c1n[nH]cc1NC(=O)c1cccc(C)n1. The van der Waals surface area contributed by atoms with Crippen LogP contribution in [-0.4, -0.2) is 46.1 Å².